The van der Waals surface area contributed by atoms with Crippen LogP contribution in [0.25, 0.3) is 5.69 Å². The van der Waals surface area contributed by atoms with Crippen LogP contribution in [0.4, 0.5) is 16.2 Å². The van der Waals surface area contributed by atoms with E-state index in [4.69, 9.17) is 17.3 Å². The highest BCUT2D eigenvalue weighted by Crippen LogP contribution is 2.33. The van der Waals surface area contributed by atoms with Crippen LogP contribution in [-0.2, 0) is 0 Å². The average Bonchev–Trinajstić information content (AvgIpc) is 3.19. The van der Waals surface area contributed by atoms with Crippen molar-refractivity contribution >= 4 is 23.4 Å². The van der Waals surface area contributed by atoms with Crippen molar-refractivity contribution in [1.29, 1.82) is 0 Å². The highest BCUT2D eigenvalue weighted by atomic mass is 35.5. The molecule has 27 heavy (non-hydrogen) atoms. The summed E-state index contributed by atoms with van der Waals surface area (Å²) < 4.78 is 15.4. The van der Waals surface area contributed by atoms with Gasteiger partial charge in [0.2, 0.25) is 0 Å². The number of hydrogen-bond acceptors (Lipinski definition) is 4. The number of rotatable bonds is 3. The first-order chi connectivity index (χ1) is 12.9. The van der Waals surface area contributed by atoms with Crippen LogP contribution in [0.5, 0.6) is 0 Å². The monoisotopic (exact) mass is 388 g/mol. The van der Waals surface area contributed by atoms with Gasteiger partial charge in [0, 0.05) is 30.8 Å². The predicted molar refractivity (Wildman–Crippen MR) is 105 cm³/mol. The van der Waals surface area contributed by atoms with Gasteiger partial charge in [0.25, 0.3) is 0 Å². The van der Waals surface area contributed by atoms with Gasteiger partial charge in [-0.25, -0.2) is 14.1 Å². The minimum Gasteiger partial charge on any atom is -0.369 e. The van der Waals surface area contributed by atoms with Gasteiger partial charge in [-0.1, -0.05) is 11.6 Å². The van der Waals surface area contributed by atoms with Crippen molar-refractivity contribution in [2.24, 2.45) is 0 Å². The van der Waals surface area contributed by atoms with Gasteiger partial charge in [-0.3, -0.25) is 0 Å². The number of aromatic amines is 1. The molecule has 142 valence electrons. The van der Waals surface area contributed by atoms with E-state index in [2.05, 4.69) is 26.0 Å². The average molecular weight is 389 g/mol. The Morgan fingerprint density at radius 2 is 1.96 bits per heavy atom. The number of nitrogens with one attached hydrogen (secondary N) is 1. The molecular weight excluding hydrogens is 367 g/mol. The summed E-state index contributed by atoms with van der Waals surface area (Å²) in [5, 5.41) is 4.68. The molecule has 0 spiro atoms. The maximum Gasteiger partial charge on any atom is 0.197 e. The molecule has 4 rings (SSSR count). The summed E-state index contributed by atoms with van der Waals surface area (Å²) in [4.78, 5) is 9.85. The lowest BCUT2D eigenvalue weighted by Crippen LogP contribution is -2.34. The summed E-state index contributed by atoms with van der Waals surface area (Å²) in [6.45, 7) is 5.74. The summed E-state index contributed by atoms with van der Waals surface area (Å²) >= 11 is 5.96. The van der Waals surface area contributed by atoms with Gasteiger partial charge in [-0.15, -0.1) is 0 Å². The maximum atomic E-state index is 13.5. The zero-order chi connectivity index (χ0) is 19.1. The molecule has 0 saturated carbocycles. The van der Waals surface area contributed by atoms with Gasteiger partial charge in [-0.05, 0) is 44.9 Å². The molecule has 0 amide bonds. The van der Waals surface area contributed by atoms with Crippen LogP contribution < -0.4 is 10.6 Å². The number of hydrogen-bond donors (Lipinski definition) is 2. The SMILES string of the molecule is Cc1cc(N2CCC(c3nc(N)[nH]c3C)CC2)n(-c2ccc(F)c(Cl)c2)n1. The quantitative estimate of drug-likeness (QED) is 0.711. The Bertz CT molecular complexity index is 971. The van der Waals surface area contributed by atoms with E-state index in [1.165, 1.54) is 6.07 Å². The molecule has 3 N–H and O–H groups in total. The number of aromatic nitrogens is 4. The summed E-state index contributed by atoms with van der Waals surface area (Å²) in [6, 6.07) is 6.72. The van der Waals surface area contributed by atoms with E-state index in [-0.39, 0.29) is 5.02 Å². The normalized spacial score (nSPS) is 15.5. The van der Waals surface area contributed by atoms with E-state index in [1.807, 2.05) is 18.5 Å². The molecule has 1 aliphatic heterocycles. The van der Waals surface area contributed by atoms with Gasteiger partial charge in [-0.2, -0.15) is 5.10 Å². The largest absolute Gasteiger partial charge is 0.369 e. The molecule has 3 heterocycles. The number of nitrogens with zero attached hydrogens (tertiary/aromatic N) is 4. The fourth-order valence-electron chi connectivity index (χ4n) is 3.80. The number of piperidine rings is 1. The minimum atomic E-state index is -0.430. The molecule has 1 saturated heterocycles. The standard InChI is InChI=1S/C19H22ClFN6/c1-11-9-17(27(25-11)14-3-4-16(21)15(20)10-14)26-7-5-13(6-8-26)18-12(2)23-19(22)24-18/h3-4,9-10,13H,5-8H2,1-2H3,(H3,22,23,24). The molecule has 8 heteroatoms. The third-order valence-electron chi connectivity index (χ3n) is 5.11. The smallest absolute Gasteiger partial charge is 0.197 e. The minimum absolute atomic E-state index is 0.0944. The van der Waals surface area contributed by atoms with Gasteiger partial charge < -0.3 is 15.6 Å². The van der Waals surface area contributed by atoms with E-state index < -0.39 is 5.82 Å². The van der Waals surface area contributed by atoms with Crippen molar-refractivity contribution < 1.29 is 4.39 Å². The summed E-state index contributed by atoms with van der Waals surface area (Å²) in [6.07, 6.45) is 1.97. The number of imidazole rings is 1. The zero-order valence-electron chi connectivity index (χ0n) is 15.3. The van der Waals surface area contributed by atoms with Crippen molar-refractivity contribution in [3.05, 3.63) is 52.2 Å². The molecule has 2 aromatic heterocycles. The van der Waals surface area contributed by atoms with E-state index >= 15 is 0 Å². The first-order valence-electron chi connectivity index (χ1n) is 9.01. The van der Waals surface area contributed by atoms with Crippen LogP contribution in [0, 0.1) is 19.7 Å². The lowest BCUT2D eigenvalue weighted by atomic mass is 9.92. The Balaban J connectivity index is 1.57. The molecule has 0 atom stereocenters. The third-order valence-corrected chi connectivity index (χ3v) is 5.40. The summed E-state index contributed by atoms with van der Waals surface area (Å²) in [7, 11) is 0. The molecule has 0 unspecified atom stereocenters. The Labute approximate surface area is 162 Å². The number of halogens is 2. The fourth-order valence-corrected chi connectivity index (χ4v) is 3.97. The Morgan fingerprint density at radius 1 is 1.22 bits per heavy atom. The van der Waals surface area contributed by atoms with Crippen LogP contribution in [0.1, 0.15) is 35.8 Å². The highest BCUT2D eigenvalue weighted by molar-refractivity contribution is 6.30. The number of benzene rings is 1. The van der Waals surface area contributed by atoms with Crippen LogP contribution >= 0.6 is 11.6 Å². The summed E-state index contributed by atoms with van der Waals surface area (Å²) in [5.41, 5.74) is 9.57. The van der Waals surface area contributed by atoms with Crippen molar-refractivity contribution in [1.82, 2.24) is 19.7 Å². The van der Waals surface area contributed by atoms with Gasteiger partial charge in [0.1, 0.15) is 11.6 Å². The van der Waals surface area contributed by atoms with E-state index in [0.717, 1.165) is 54.5 Å². The first kappa shape index (κ1) is 17.9. The highest BCUT2D eigenvalue weighted by Gasteiger charge is 2.26. The molecule has 0 bridgehead atoms. The molecule has 0 radical (unpaired) electrons. The number of nitrogens with two attached hydrogens (primary N) is 1. The lowest BCUT2D eigenvalue weighted by molar-refractivity contribution is 0.490. The fraction of sp³-hybridized carbons (Fsp3) is 0.368. The second-order valence-electron chi connectivity index (χ2n) is 7.05. The molecule has 1 fully saturated rings. The van der Waals surface area contributed by atoms with Gasteiger partial charge in [0.15, 0.2) is 5.95 Å². The predicted octanol–water partition coefficient (Wildman–Crippen LogP) is 3.97. The Morgan fingerprint density at radius 3 is 2.59 bits per heavy atom. The van der Waals surface area contributed by atoms with E-state index in [9.17, 15) is 4.39 Å². The second-order valence-corrected chi connectivity index (χ2v) is 7.45. The zero-order valence-corrected chi connectivity index (χ0v) is 16.1. The number of aryl methyl sites for hydroxylation is 2. The van der Waals surface area contributed by atoms with Crippen molar-refractivity contribution in [3.63, 3.8) is 0 Å². The van der Waals surface area contributed by atoms with Crippen LogP contribution in [0.15, 0.2) is 24.3 Å². The van der Waals surface area contributed by atoms with Crippen LogP contribution in [0.3, 0.4) is 0 Å². The number of H-pyrrole nitrogens is 1. The topological polar surface area (TPSA) is 75.8 Å². The molecule has 0 aliphatic carbocycles. The van der Waals surface area contributed by atoms with Crippen molar-refractivity contribution in [2.75, 3.05) is 23.7 Å². The number of nitrogen functional groups attached to an aromatic ring is 1. The van der Waals surface area contributed by atoms with E-state index in [0.29, 0.717) is 11.9 Å². The molecule has 3 aromatic rings. The van der Waals surface area contributed by atoms with Crippen LogP contribution in [0.2, 0.25) is 5.02 Å². The summed E-state index contributed by atoms with van der Waals surface area (Å²) in [5.74, 6) is 1.44. The first-order valence-corrected chi connectivity index (χ1v) is 9.39. The molecule has 1 aliphatic rings. The third kappa shape index (κ3) is 3.39. The number of anilines is 2. The Kier molecular flexibility index (Phi) is 4.55. The van der Waals surface area contributed by atoms with E-state index in [1.54, 1.807) is 12.1 Å². The molecule has 6 nitrogen and oxygen atoms in total. The second kappa shape index (κ2) is 6.88. The maximum absolute atomic E-state index is 13.5. The lowest BCUT2D eigenvalue weighted by Gasteiger charge is -2.33. The Hall–Kier alpha value is -2.54. The molecular formula is C19H22ClFN6. The molecule has 1 aromatic carbocycles. The van der Waals surface area contributed by atoms with Crippen molar-refractivity contribution in [2.45, 2.75) is 32.6 Å². The van der Waals surface area contributed by atoms with Gasteiger partial charge >= 0.3 is 0 Å². The van der Waals surface area contributed by atoms with Crippen LogP contribution in [-0.4, -0.2) is 32.8 Å². The van der Waals surface area contributed by atoms with Crippen molar-refractivity contribution in [3.8, 4) is 5.69 Å². The van der Waals surface area contributed by atoms with Gasteiger partial charge in [0.05, 0.1) is 22.1 Å².